The summed E-state index contributed by atoms with van der Waals surface area (Å²) in [6.07, 6.45) is -0.560. The molecule has 0 radical (unpaired) electrons. The molecule has 0 spiro atoms. The molecule has 3 unspecified atom stereocenters. The summed E-state index contributed by atoms with van der Waals surface area (Å²) >= 11 is 5.03. The van der Waals surface area contributed by atoms with Gasteiger partial charge in [-0.15, -0.1) is 0 Å². The van der Waals surface area contributed by atoms with Crippen molar-refractivity contribution in [3.8, 4) is 0 Å². The van der Waals surface area contributed by atoms with Gasteiger partial charge in [-0.2, -0.15) is 0 Å². The molecule has 3 atom stereocenters. The van der Waals surface area contributed by atoms with Crippen LogP contribution in [0.2, 0.25) is 0 Å². The third kappa shape index (κ3) is 5.58. The van der Waals surface area contributed by atoms with Crippen molar-refractivity contribution in [2.24, 2.45) is 5.73 Å². The van der Waals surface area contributed by atoms with Gasteiger partial charge >= 0.3 is 0 Å². The lowest BCUT2D eigenvalue weighted by Crippen LogP contribution is -2.53. The first kappa shape index (κ1) is 18.3. The number of hydrogen-bond donors (Lipinski definition) is 6. The molecule has 8 nitrogen and oxygen atoms in total. The largest absolute Gasteiger partial charge is 0.390 e. The Balaban J connectivity index is 2.69. The summed E-state index contributed by atoms with van der Waals surface area (Å²) in [5.41, 5.74) is 5.31. The molecule has 9 heteroatoms. The van der Waals surface area contributed by atoms with E-state index in [1.54, 1.807) is 0 Å². The number of thiocarbonyl (C=S) groups is 1. The van der Waals surface area contributed by atoms with Crippen molar-refractivity contribution in [3.05, 3.63) is 11.6 Å². The minimum atomic E-state index is -1.08. The number of carbonyl (C=O) groups is 2. The zero-order chi connectivity index (χ0) is 16.7. The Labute approximate surface area is 134 Å². The van der Waals surface area contributed by atoms with Crippen molar-refractivity contribution in [2.75, 3.05) is 13.1 Å². The third-order valence-corrected chi connectivity index (χ3v) is 3.42. The number of rotatable bonds is 6. The molecular formula is C13H22N4O4S. The first-order valence-electron chi connectivity index (χ1n) is 7.02. The fourth-order valence-corrected chi connectivity index (χ4v) is 2.32. The van der Waals surface area contributed by atoms with Crippen LogP contribution in [0.15, 0.2) is 11.6 Å². The van der Waals surface area contributed by atoms with Gasteiger partial charge in [-0.3, -0.25) is 9.59 Å². The summed E-state index contributed by atoms with van der Waals surface area (Å²) < 4.78 is 0. The van der Waals surface area contributed by atoms with Crippen molar-refractivity contribution in [3.63, 3.8) is 0 Å². The number of nitrogens with one attached hydrogen (secondary N) is 3. The summed E-state index contributed by atoms with van der Waals surface area (Å²) in [5.74, 6) is -0.919. The Morgan fingerprint density at radius 3 is 2.68 bits per heavy atom. The van der Waals surface area contributed by atoms with E-state index in [0.29, 0.717) is 17.2 Å². The van der Waals surface area contributed by atoms with Crippen LogP contribution in [0.3, 0.4) is 0 Å². The van der Waals surface area contributed by atoms with Gasteiger partial charge in [-0.05, 0) is 19.1 Å². The Kier molecular flexibility index (Phi) is 7.22. The fraction of sp³-hybridized carbons (Fsp3) is 0.615. The lowest BCUT2D eigenvalue weighted by molar-refractivity contribution is -0.119. The molecular weight excluding hydrogens is 308 g/mol. The maximum Gasteiger partial charge on any atom is 0.247 e. The minimum absolute atomic E-state index is 0.0235. The number of nitrogens with two attached hydrogens (primary N) is 1. The summed E-state index contributed by atoms with van der Waals surface area (Å²) in [4.78, 5) is 22.6. The highest BCUT2D eigenvalue weighted by atomic mass is 32.1. The normalized spacial score (nSPS) is 24.1. The second-order valence-corrected chi connectivity index (χ2v) is 5.36. The quantitative estimate of drug-likeness (QED) is 0.306. The average Bonchev–Trinajstić information content (AvgIpc) is 2.43. The molecule has 124 valence electrons. The van der Waals surface area contributed by atoms with E-state index in [9.17, 15) is 19.8 Å². The van der Waals surface area contributed by atoms with E-state index in [1.165, 1.54) is 6.08 Å². The van der Waals surface area contributed by atoms with Gasteiger partial charge in [-0.25, -0.2) is 0 Å². The monoisotopic (exact) mass is 330 g/mol. The molecule has 1 rings (SSSR count). The van der Waals surface area contributed by atoms with Gasteiger partial charge in [0, 0.05) is 31.5 Å². The van der Waals surface area contributed by atoms with Crippen LogP contribution in [0.5, 0.6) is 0 Å². The number of aliphatic hydroxyl groups is 2. The summed E-state index contributed by atoms with van der Waals surface area (Å²) in [5, 5.41) is 28.4. The average molecular weight is 330 g/mol. The van der Waals surface area contributed by atoms with Gasteiger partial charge in [0.2, 0.25) is 11.8 Å². The lowest BCUT2D eigenvalue weighted by Gasteiger charge is -2.31. The molecule has 0 heterocycles. The van der Waals surface area contributed by atoms with E-state index in [1.807, 2.05) is 6.92 Å². The molecule has 0 saturated carbocycles. The lowest BCUT2D eigenvalue weighted by atomic mass is 9.90. The molecule has 7 N–H and O–H groups in total. The molecule has 1 aliphatic carbocycles. The molecule has 0 aromatic rings. The van der Waals surface area contributed by atoms with Gasteiger partial charge in [-0.1, -0.05) is 6.08 Å². The van der Waals surface area contributed by atoms with E-state index in [0.717, 1.165) is 0 Å². The minimum Gasteiger partial charge on any atom is -0.390 e. The van der Waals surface area contributed by atoms with Crippen LogP contribution in [0.4, 0.5) is 0 Å². The fourth-order valence-electron chi connectivity index (χ4n) is 2.04. The van der Waals surface area contributed by atoms with Gasteiger partial charge in [0.15, 0.2) is 5.11 Å². The number of aliphatic hydroxyl groups excluding tert-OH is 2. The third-order valence-electron chi connectivity index (χ3n) is 3.16. The highest BCUT2D eigenvalue weighted by Crippen LogP contribution is 2.19. The number of amides is 2. The van der Waals surface area contributed by atoms with Crippen LogP contribution < -0.4 is 21.7 Å². The molecule has 22 heavy (non-hydrogen) atoms. The van der Waals surface area contributed by atoms with Gasteiger partial charge in [0.1, 0.15) is 6.10 Å². The van der Waals surface area contributed by atoms with Crippen molar-refractivity contribution >= 4 is 29.1 Å². The van der Waals surface area contributed by atoms with Crippen molar-refractivity contribution in [1.29, 1.82) is 0 Å². The topological polar surface area (TPSA) is 137 Å². The Morgan fingerprint density at radius 1 is 1.41 bits per heavy atom. The molecule has 0 fully saturated rings. The van der Waals surface area contributed by atoms with Crippen molar-refractivity contribution in [2.45, 2.75) is 38.0 Å². The van der Waals surface area contributed by atoms with Crippen molar-refractivity contribution < 1.29 is 19.8 Å². The van der Waals surface area contributed by atoms with Crippen LogP contribution in [0, 0.1) is 0 Å². The molecule has 2 amide bonds. The van der Waals surface area contributed by atoms with Crippen LogP contribution in [0.25, 0.3) is 0 Å². The second-order valence-electron chi connectivity index (χ2n) is 4.96. The van der Waals surface area contributed by atoms with Crippen LogP contribution >= 0.6 is 12.2 Å². The van der Waals surface area contributed by atoms with Crippen molar-refractivity contribution in [1.82, 2.24) is 16.0 Å². The number of carbonyl (C=O) groups excluding carboxylic acids is 2. The highest BCUT2D eigenvalue weighted by molar-refractivity contribution is 7.80. The second kappa shape index (κ2) is 8.66. The predicted octanol–water partition coefficient (Wildman–Crippen LogP) is -2.12. The van der Waals surface area contributed by atoms with E-state index in [4.69, 9.17) is 18.0 Å². The number of hydrogen-bond acceptors (Lipinski definition) is 5. The first-order chi connectivity index (χ1) is 10.3. The van der Waals surface area contributed by atoms with E-state index in [-0.39, 0.29) is 19.4 Å². The van der Waals surface area contributed by atoms with E-state index in [2.05, 4.69) is 16.0 Å². The summed E-state index contributed by atoms with van der Waals surface area (Å²) in [6, 6.07) is -0.674. The van der Waals surface area contributed by atoms with E-state index < -0.39 is 30.1 Å². The smallest absolute Gasteiger partial charge is 0.247 e. The van der Waals surface area contributed by atoms with E-state index >= 15 is 0 Å². The maximum atomic E-state index is 12.0. The zero-order valence-electron chi connectivity index (χ0n) is 12.3. The van der Waals surface area contributed by atoms with Gasteiger partial charge < -0.3 is 31.9 Å². The molecule has 0 bridgehead atoms. The van der Waals surface area contributed by atoms with Crippen LogP contribution in [0.1, 0.15) is 19.8 Å². The Bertz CT molecular complexity index is 469. The Hall–Kier alpha value is -1.71. The molecule has 0 aliphatic heterocycles. The highest BCUT2D eigenvalue weighted by Gasteiger charge is 2.33. The maximum absolute atomic E-state index is 12.0. The number of primary amides is 1. The SMILES string of the molecule is CCNC(=S)NC1C=C(C(=O)NCCC(N)=O)CC(O)C1O. The summed E-state index contributed by atoms with van der Waals surface area (Å²) in [6.45, 7) is 2.60. The molecule has 0 saturated heterocycles. The van der Waals surface area contributed by atoms with Crippen LogP contribution in [-0.2, 0) is 9.59 Å². The molecule has 1 aliphatic rings. The standard InChI is InChI=1S/C13H22N4O4S/c1-2-15-13(22)17-8-5-7(6-9(18)11(8)20)12(21)16-4-3-10(14)19/h5,8-9,11,18,20H,2-4,6H2,1H3,(H2,14,19)(H,16,21)(H2,15,17,22). The zero-order valence-corrected chi connectivity index (χ0v) is 13.2. The Morgan fingerprint density at radius 2 is 2.09 bits per heavy atom. The van der Waals surface area contributed by atoms with Gasteiger partial charge in [0.05, 0.1) is 12.1 Å². The molecule has 0 aromatic heterocycles. The van der Waals surface area contributed by atoms with Gasteiger partial charge in [0.25, 0.3) is 0 Å². The first-order valence-corrected chi connectivity index (χ1v) is 7.43. The van der Waals surface area contributed by atoms with Crippen LogP contribution in [-0.4, -0.2) is 58.5 Å². The predicted molar refractivity (Wildman–Crippen MR) is 84.7 cm³/mol. The molecule has 0 aromatic carbocycles. The summed E-state index contributed by atoms with van der Waals surface area (Å²) in [7, 11) is 0.